The summed E-state index contributed by atoms with van der Waals surface area (Å²) in [5.74, 6) is -1.14. The second-order valence-corrected chi connectivity index (χ2v) is 7.88. The zero-order valence-electron chi connectivity index (χ0n) is 16.5. The second kappa shape index (κ2) is 8.62. The highest BCUT2D eigenvalue weighted by atomic mass is 32.1. The van der Waals surface area contributed by atoms with E-state index in [4.69, 9.17) is 4.74 Å². The minimum absolute atomic E-state index is 0.0665. The summed E-state index contributed by atoms with van der Waals surface area (Å²) >= 11 is 1.25. The Hall–Kier alpha value is -3.26. The van der Waals surface area contributed by atoms with Gasteiger partial charge in [0.15, 0.2) is 5.13 Å². The van der Waals surface area contributed by atoms with Crippen LogP contribution in [0.2, 0.25) is 0 Å². The number of carbonyl (C=O) groups is 3. The van der Waals surface area contributed by atoms with Crippen molar-refractivity contribution >= 4 is 50.7 Å². The number of fused-ring (bicyclic) bond motifs is 1. The Morgan fingerprint density at radius 1 is 1.23 bits per heavy atom. The number of nitrogens with one attached hydrogen (secondary N) is 1. The lowest BCUT2D eigenvalue weighted by Crippen LogP contribution is -2.28. The van der Waals surface area contributed by atoms with Gasteiger partial charge in [-0.05, 0) is 18.4 Å². The molecule has 1 fully saturated rings. The molecule has 2 amide bonds. The predicted octanol–water partition coefficient (Wildman–Crippen LogP) is 3.39. The maximum atomic E-state index is 12.7. The lowest BCUT2D eigenvalue weighted by molar-refractivity contribution is -0.142. The smallest absolute Gasteiger partial charge is 0.311 e. The van der Waals surface area contributed by atoms with Gasteiger partial charge in [-0.15, -0.1) is 11.3 Å². The summed E-state index contributed by atoms with van der Waals surface area (Å²) in [4.78, 5) is 42.9. The molecule has 2 heterocycles. The topological polar surface area (TPSA) is 88.6 Å². The Balaban J connectivity index is 1.43. The summed E-state index contributed by atoms with van der Waals surface area (Å²) < 4.78 is 4.91. The van der Waals surface area contributed by atoms with E-state index in [0.717, 1.165) is 16.5 Å². The summed E-state index contributed by atoms with van der Waals surface area (Å²) in [6, 6.07) is 13.7. The quantitative estimate of drug-likeness (QED) is 0.614. The number of esters is 1. The molecule has 1 N–H and O–H groups in total. The van der Waals surface area contributed by atoms with Crippen molar-refractivity contribution in [2.24, 2.45) is 5.92 Å². The van der Waals surface area contributed by atoms with Crippen LogP contribution in [0.5, 0.6) is 0 Å². The van der Waals surface area contributed by atoms with Crippen molar-refractivity contribution in [3.63, 3.8) is 0 Å². The van der Waals surface area contributed by atoms with Crippen molar-refractivity contribution in [1.82, 2.24) is 4.98 Å². The van der Waals surface area contributed by atoms with Gasteiger partial charge in [0.2, 0.25) is 11.8 Å². The van der Waals surface area contributed by atoms with Crippen molar-refractivity contribution in [3.05, 3.63) is 53.5 Å². The lowest BCUT2D eigenvalue weighted by atomic mass is 10.1. The molecule has 1 saturated heterocycles. The average Bonchev–Trinajstić information content (AvgIpc) is 3.34. The summed E-state index contributed by atoms with van der Waals surface area (Å²) in [5.41, 5.74) is 1.37. The fourth-order valence-electron chi connectivity index (χ4n) is 3.57. The van der Waals surface area contributed by atoms with Gasteiger partial charge in [-0.1, -0.05) is 36.4 Å². The highest BCUT2D eigenvalue weighted by Crippen LogP contribution is 2.32. The molecule has 4 rings (SSSR count). The molecule has 0 spiro atoms. The Labute approximate surface area is 177 Å². The third kappa shape index (κ3) is 4.18. The van der Waals surface area contributed by atoms with Gasteiger partial charge in [0.05, 0.1) is 30.3 Å². The number of hydrogen-bond acceptors (Lipinski definition) is 6. The van der Waals surface area contributed by atoms with Crippen LogP contribution in [0.1, 0.15) is 19.0 Å². The van der Waals surface area contributed by atoms with Crippen molar-refractivity contribution in [1.29, 1.82) is 0 Å². The maximum Gasteiger partial charge on any atom is 0.311 e. The molecule has 2 aromatic carbocycles. The largest absolute Gasteiger partial charge is 0.466 e. The van der Waals surface area contributed by atoms with Crippen LogP contribution in [-0.4, -0.2) is 35.9 Å². The van der Waals surface area contributed by atoms with Crippen LogP contribution in [0.25, 0.3) is 10.8 Å². The summed E-state index contributed by atoms with van der Waals surface area (Å²) in [6.07, 6.45) is 0.215. The number of carbonyl (C=O) groups excluding carboxylic acids is 3. The van der Waals surface area contributed by atoms with Crippen LogP contribution in [-0.2, 0) is 25.5 Å². The van der Waals surface area contributed by atoms with Crippen molar-refractivity contribution < 1.29 is 19.1 Å². The van der Waals surface area contributed by atoms with Crippen LogP contribution in [0.3, 0.4) is 0 Å². The number of anilines is 2. The first-order valence-electron chi connectivity index (χ1n) is 9.74. The van der Waals surface area contributed by atoms with Gasteiger partial charge < -0.3 is 15.0 Å². The highest BCUT2D eigenvalue weighted by Gasteiger charge is 2.36. The first-order chi connectivity index (χ1) is 14.5. The monoisotopic (exact) mass is 423 g/mol. The third-order valence-corrected chi connectivity index (χ3v) is 5.77. The molecule has 154 valence electrons. The molecule has 3 aromatic rings. The number of ether oxygens (including phenoxy) is 1. The predicted molar refractivity (Wildman–Crippen MR) is 115 cm³/mol. The Morgan fingerprint density at radius 2 is 2.03 bits per heavy atom. The van der Waals surface area contributed by atoms with Crippen molar-refractivity contribution in [2.45, 2.75) is 19.8 Å². The van der Waals surface area contributed by atoms with E-state index in [2.05, 4.69) is 10.3 Å². The molecule has 1 atom stereocenters. The number of amides is 2. The zero-order chi connectivity index (χ0) is 21.1. The first kappa shape index (κ1) is 20.0. The van der Waals surface area contributed by atoms with Gasteiger partial charge in [-0.2, -0.15) is 0 Å². The second-order valence-electron chi connectivity index (χ2n) is 7.02. The first-order valence-corrected chi connectivity index (χ1v) is 10.6. The molecule has 1 aliphatic rings. The van der Waals surface area contributed by atoms with E-state index in [1.807, 2.05) is 42.5 Å². The Kier molecular flexibility index (Phi) is 5.76. The number of hydrogen-bond donors (Lipinski definition) is 1. The van der Waals surface area contributed by atoms with E-state index in [0.29, 0.717) is 24.0 Å². The van der Waals surface area contributed by atoms with Gasteiger partial charge in [0.25, 0.3) is 0 Å². The van der Waals surface area contributed by atoms with Gasteiger partial charge in [-0.3, -0.25) is 14.4 Å². The molecular weight excluding hydrogens is 402 g/mol. The molecule has 7 nitrogen and oxygen atoms in total. The summed E-state index contributed by atoms with van der Waals surface area (Å²) in [5, 5.41) is 6.94. The molecule has 0 saturated carbocycles. The highest BCUT2D eigenvalue weighted by molar-refractivity contribution is 7.13. The number of thiazole rings is 1. The number of aromatic nitrogens is 1. The van der Waals surface area contributed by atoms with Crippen molar-refractivity contribution in [2.75, 3.05) is 23.4 Å². The third-order valence-electron chi connectivity index (χ3n) is 4.97. The fourth-order valence-corrected chi connectivity index (χ4v) is 4.29. The molecule has 30 heavy (non-hydrogen) atoms. The summed E-state index contributed by atoms with van der Waals surface area (Å²) in [7, 11) is 0. The van der Waals surface area contributed by atoms with Crippen LogP contribution in [0.15, 0.2) is 47.8 Å². The van der Waals surface area contributed by atoms with E-state index in [9.17, 15) is 14.4 Å². The average molecular weight is 423 g/mol. The maximum absolute atomic E-state index is 12.7. The fraction of sp³-hybridized carbons (Fsp3) is 0.273. The van der Waals surface area contributed by atoms with E-state index < -0.39 is 5.92 Å². The number of nitrogens with zero attached hydrogens (tertiary/aromatic N) is 2. The minimum Gasteiger partial charge on any atom is -0.466 e. The van der Waals surface area contributed by atoms with E-state index in [1.165, 1.54) is 11.3 Å². The van der Waals surface area contributed by atoms with Gasteiger partial charge >= 0.3 is 5.97 Å². The van der Waals surface area contributed by atoms with Gasteiger partial charge in [0.1, 0.15) is 0 Å². The molecular formula is C22H21N3O4S. The molecule has 0 bridgehead atoms. The van der Waals surface area contributed by atoms with Crippen LogP contribution < -0.4 is 10.2 Å². The zero-order valence-corrected chi connectivity index (χ0v) is 17.3. The molecule has 1 aromatic heterocycles. The molecule has 1 aliphatic heterocycles. The number of rotatable bonds is 6. The van der Waals surface area contributed by atoms with E-state index >= 15 is 0 Å². The lowest BCUT2D eigenvalue weighted by Gasteiger charge is -2.18. The Bertz CT molecular complexity index is 1110. The Morgan fingerprint density at radius 3 is 2.87 bits per heavy atom. The molecule has 0 radical (unpaired) electrons. The van der Waals surface area contributed by atoms with Crippen LogP contribution in [0, 0.1) is 5.92 Å². The van der Waals surface area contributed by atoms with Crippen LogP contribution >= 0.6 is 11.3 Å². The SMILES string of the molecule is CCOC(=O)Cc1csc(NC(=O)C2CC(=O)N(c3cccc4ccccc34)C2)n1. The molecule has 8 heteroatoms. The van der Waals surface area contributed by atoms with Gasteiger partial charge in [0, 0.05) is 23.7 Å². The number of benzene rings is 2. The van der Waals surface area contributed by atoms with Gasteiger partial charge in [-0.25, -0.2) is 4.98 Å². The van der Waals surface area contributed by atoms with E-state index in [1.54, 1.807) is 17.2 Å². The minimum atomic E-state index is -0.464. The molecule has 0 aliphatic carbocycles. The van der Waals surface area contributed by atoms with Crippen LogP contribution in [0.4, 0.5) is 10.8 Å². The summed E-state index contributed by atoms with van der Waals surface area (Å²) in [6.45, 7) is 2.38. The van der Waals surface area contributed by atoms with Crippen molar-refractivity contribution in [3.8, 4) is 0 Å². The molecule has 1 unspecified atom stereocenters. The standard InChI is InChI=1S/C22H21N3O4S/c1-2-29-20(27)11-16-13-30-22(23-16)24-21(28)15-10-19(26)25(12-15)18-9-5-7-14-6-3-4-8-17(14)18/h3-9,13,15H,2,10-12H2,1H3,(H,23,24,28). The van der Waals surface area contributed by atoms with E-state index in [-0.39, 0.29) is 30.6 Å². The normalized spacial score (nSPS) is 16.1.